The lowest BCUT2D eigenvalue weighted by molar-refractivity contribution is 0.297. The molecule has 4 N–H and O–H groups in total. The number of benzene rings is 1. The molecule has 0 aliphatic carbocycles. The van der Waals surface area contributed by atoms with Crippen LogP contribution in [0.25, 0.3) is 11.3 Å². The number of hydrogen-bond donors (Lipinski definition) is 2. The normalized spacial score (nSPS) is 14.2. The highest BCUT2D eigenvalue weighted by Gasteiger charge is 2.16. The number of aryl methyl sites for hydroxylation is 1. The average Bonchev–Trinajstić information content (AvgIpc) is 2.63. The third-order valence-corrected chi connectivity index (χ3v) is 3.15. The van der Waals surface area contributed by atoms with E-state index in [0.717, 1.165) is 23.5 Å². The van der Waals surface area contributed by atoms with Crippen LogP contribution in [0, 0.1) is 6.92 Å². The molecule has 0 saturated carbocycles. The number of nitrogens with two attached hydrogens (primary N) is 2. The molecule has 1 aromatic carbocycles. The molecule has 1 aromatic heterocycles. The summed E-state index contributed by atoms with van der Waals surface area (Å²) in [5.74, 6) is 8.35. The van der Waals surface area contributed by atoms with E-state index in [0.29, 0.717) is 30.5 Å². The SMILES string of the molecule is Cc1nc(-c2ccc3c(c2)OCCCO3)c(N)n1N. The van der Waals surface area contributed by atoms with Crippen LogP contribution in [-0.4, -0.2) is 22.9 Å². The fraction of sp³-hybridized carbons (Fsp3) is 0.308. The van der Waals surface area contributed by atoms with Crippen molar-refractivity contribution in [1.82, 2.24) is 9.66 Å². The molecular weight excluding hydrogens is 244 g/mol. The van der Waals surface area contributed by atoms with Crippen LogP contribution in [0.15, 0.2) is 18.2 Å². The molecule has 0 saturated heterocycles. The Bertz CT molecular complexity index is 621. The molecule has 0 radical (unpaired) electrons. The monoisotopic (exact) mass is 260 g/mol. The van der Waals surface area contributed by atoms with Gasteiger partial charge in [0.05, 0.1) is 13.2 Å². The van der Waals surface area contributed by atoms with Gasteiger partial charge in [0, 0.05) is 12.0 Å². The number of ether oxygens (including phenoxy) is 2. The lowest BCUT2D eigenvalue weighted by Gasteiger charge is -2.08. The second kappa shape index (κ2) is 4.38. The molecule has 100 valence electrons. The number of hydrogen-bond acceptors (Lipinski definition) is 5. The predicted octanol–water partition coefficient (Wildman–Crippen LogP) is 1.32. The highest BCUT2D eigenvalue weighted by atomic mass is 16.5. The lowest BCUT2D eigenvalue weighted by atomic mass is 10.1. The van der Waals surface area contributed by atoms with Gasteiger partial charge in [-0.15, -0.1) is 0 Å². The molecule has 0 amide bonds. The molecule has 0 spiro atoms. The quantitative estimate of drug-likeness (QED) is 0.755. The number of aromatic nitrogens is 2. The molecular formula is C13H16N4O2. The standard InChI is InChI=1S/C13H16N4O2/c1-8-16-12(13(14)17(8)15)9-3-4-10-11(7-9)19-6-2-5-18-10/h3-4,7H,2,5-6,14-15H2,1H3. The summed E-state index contributed by atoms with van der Waals surface area (Å²) in [5.41, 5.74) is 7.48. The highest BCUT2D eigenvalue weighted by molar-refractivity contribution is 5.73. The van der Waals surface area contributed by atoms with Gasteiger partial charge in [-0.05, 0) is 25.1 Å². The van der Waals surface area contributed by atoms with Gasteiger partial charge in [0.1, 0.15) is 11.5 Å². The lowest BCUT2D eigenvalue weighted by Crippen LogP contribution is -2.13. The molecule has 0 bridgehead atoms. The minimum Gasteiger partial charge on any atom is -0.490 e. The van der Waals surface area contributed by atoms with Crippen LogP contribution in [0.5, 0.6) is 11.5 Å². The molecule has 1 aliphatic rings. The van der Waals surface area contributed by atoms with Gasteiger partial charge in [-0.25, -0.2) is 9.66 Å². The maximum Gasteiger partial charge on any atom is 0.161 e. The zero-order chi connectivity index (χ0) is 13.4. The van der Waals surface area contributed by atoms with E-state index < -0.39 is 0 Å². The van der Waals surface area contributed by atoms with Gasteiger partial charge in [0.15, 0.2) is 17.3 Å². The minimum absolute atomic E-state index is 0.437. The summed E-state index contributed by atoms with van der Waals surface area (Å²) in [4.78, 5) is 4.37. The first kappa shape index (κ1) is 11.7. The van der Waals surface area contributed by atoms with Crippen molar-refractivity contribution in [1.29, 1.82) is 0 Å². The van der Waals surface area contributed by atoms with Gasteiger partial charge < -0.3 is 21.1 Å². The van der Waals surface area contributed by atoms with Crippen LogP contribution in [0.2, 0.25) is 0 Å². The van der Waals surface area contributed by atoms with Crippen molar-refractivity contribution in [3.63, 3.8) is 0 Å². The third kappa shape index (κ3) is 1.95. The summed E-state index contributed by atoms with van der Waals surface area (Å²) in [6, 6.07) is 5.67. The zero-order valence-corrected chi connectivity index (χ0v) is 10.7. The van der Waals surface area contributed by atoms with Crippen molar-refractivity contribution in [2.75, 3.05) is 24.8 Å². The average molecular weight is 260 g/mol. The molecule has 3 rings (SSSR count). The number of anilines is 1. The van der Waals surface area contributed by atoms with Crippen LogP contribution in [0.4, 0.5) is 5.82 Å². The summed E-state index contributed by atoms with van der Waals surface area (Å²) in [7, 11) is 0. The first-order valence-corrected chi connectivity index (χ1v) is 6.16. The van der Waals surface area contributed by atoms with E-state index in [4.69, 9.17) is 21.1 Å². The Labute approximate surface area is 110 Å². The van der Waals surface area contributed by atoms with Crippen molar-refractivity contribution in [2.45, 2.75) is 13.3 Å². The van der Waals surface area contributed by atoms with Crippen molar-refractivity contribution in [3.05, 3.63) is 24.0 Å². The third-order valence-electron chi connectivity index (χ3n) is 3.15. The number of imidazole rings is 1. The molecule has 6 nitrogen and oxygen atoms in total. The Morgan fingerprint density at radius 3 is 2.63 bits per heavy atom. The fourth-order valence-electron chi connectivity index (χ4n) is 2.08. The van der Waals surface area contributed by atoms with Crippen molar-refractivity contribution < 1.29 is 9.47 Å². The summed E-state index contributed by atoms with van der Waals surface area (Å²) in [5, 5.41) is 0. The first-order valence-electron chi connectivity index (χ1n) is 6.16. The molecule has 1 aliphatic heterocycles. The Morgan fingerprint density at radius 2 is 1.95 bits per heavy atom. The molecule has 0 unspecified atom stereocenters. The highest BCUT2D eigenvalue weighted by Crippen LogP contribution is 2.35. The summed E-state index contributed by atoms with van der Waals surface area (Å²) in [6.45, 7) is 3.13. The molecule has 6 heteroatoms. The van der Waals surface area contributed by atoms with Crippen LogP contribution >= 0.6 is 0 Å². The Morgan fingerprint density at radius 1 is 1.21 bits per heavy atom. The van der Waals surface area contributed by atoms with E-state index >= 15 is 0 Å². The van der Waals surface area contributed by atoms with E-state index in [-0.39, 0.29) is 0 Å². The fourth-order valence-corrected chi connectivity index (χ4v) is 2.08. The van der Waals surface area contributed by atoms with Gasteiger partial charge in [-0.1, -0.05) is 0 Å². The zero-order valence-electron chi connectivity index (χ0n) is 10.7. The molecule has 0 atom stereocenters. The van der Waals surface area contributed by atoms with Crippen molar-refractivity contribution in [3.8, 4) is 22.8 Å². The smallest absolute Gasteiger partial charge is 0.161 e. The van der Waals surface area contributed by atoms with Gasteiger partial charge >= 0.3 is 0 Å². The van der Waals surface area contributed by atoms with Crippen LogP contribution < -0.4 is 21.1 Å². The van der Waals surface area contributed by atoms with Crippen LogP contribution in [0.1, 0.15) is 12.2 Å². The Balaban J connectivity index is 2.06. The second-order valence-corrected chi connectivity index (χ2v) is 4.47. The van der Waals surface area contributed by atoms with E-state index in [1.165, 1.54) is 4.68 Å². The predicted molar refractivity (Wildman–Crippen MR) is 72.6 cm³/mol. The van der Waals surface area contributed by atoms with Crippen molar-refractivity contribution in [2.24, 2.45) is 0 Å². The summed E-state index contributed by atoms with van der Waals surface area (Å²) >= 11 is 0. The van der Waals surface area contributed by atoms with E-state index in [1.807, 2.05) is 25.1 Å². The maximum absolute atomic E-state index is 5.95. The Kier molecular flexibility index (Phi) is 2.70. The maximum atomic E-state index is 5.95. The van der Waals surface area contributed by atoms with E-state index in [1.54, 1.807) is 0 Å². The van der Waals surface area contributed by atoms with Crippen LogP contribution in [0.3, 0.4) is 0 Å². The largest absolute Gasteiger partial charge is 0.490 e. The topological polar surface area (TPSA) is 88.3 Å². The Hall–Kier alpha value is -2.37. The van der Waals surface area contributed by atoms with E-state index in [2.05, 4.69) is 4.98 Å². The van der Waals surface area contributed by atoms with Gasteiger partial charge in [0.25, 0.3) is 0 Å². The van der Waals surface area contributed by atoms with Gasteiger partial charge in [-0.3, -0.25) is 0 Å². The number of nitrogens with zero attached hydrogens (tertiary/aromatic N) is 2. The van der Waals surface area contributed by atoms with E-state index in [9.17, 15) is 0 Å². The first-order chi connectivity index (χ1) is 9.16. The minimum atomic E-state index is 0.437. The van der Waals surface area contributed by atoms with Gasteiger partial charge in [0.2, 0.25) is 0 Å². The van der Waals surface area contributed by atoms with Gasteiger partial charge in [-0.2, -0.15) is 0 Å². The second-order valence-electron chi connectivity index (χ2n) is 4.47. The van der Waals surface area contributed by atoms with Crippen molar-refractivity contribution >= 4 is 5.82 Å². The number of fused-ring (bicyclic) bond motifs is 1. The van der Waals surface area contributed by atoms with Crippen LogP contribution in [-0.2, 0) is 0 Å². The molecule has 19 heavy (non-hydrogen) atoms. The summed E-state index contributed by atoms with van der Waals surface area (Å²) in [6.07, 6.45) is 0.878. The molecule has 2 aromatic rings. The number of nitrogen functional groups attached to an aromatic ring is 2. The molecule has 0 fully saturated rings. The number of rotatable bonds is 1. The summed E-state index contributed by atoms with van der Waals surface area (Å²) < 4.78 is 12.6. The molecule has 2 heterocycles.